The Morgan fingerprint density at radius 1 is 1.07 bits per heavy atom. The number of H-pyrrole nitrogens is 1. The first-order valence-electron chi connectivity index (χ1n) is 14.6. The molecule has 4 rings (SSSR count). The zero-order chi connectivity index (χ0) is 28.5. The molecule has 0 spiro atoms. The van der Waals surface area contributed by atoms with Crippen molar-refractivity contribution in [1.82, 2.24) is 15.6 Å². The summed E-state index contributed by atoms with van der Waals surface area (Å²) in [6, 6.07) is 13.7. The van der Waals surface area contributed by atoms with Gasteiger partial charge in [-0.25, -0.2) is 0 Å². The van der Waals surface area contributed by atoms with Crippen LogP contribution in [0.25, 0.3) is 10.9 Å². The quantitative estimate of drug-likeness (QED) is 0.190. The van der Waals surface area contributed by atoms with Crippen molar-refractivity contribution < 1.29 is 19.1 Å². The molecule has 0 saturated heterocycles. The molecule has 40 heavy (non-hydrogen) atoms. The fourth-order valence-corrected chi connectivity index (χ4v) is 5.87. The van der Waals surface area contributed by atoms with E-state index >= 15 is 0 Å². The number of aromatic nitrogens is 1. The maximum Gasteiger partial charge on any atom is 0.242 e. The topological polar surface area (TPSA) is 100 Å². The first kappa shape index (κ1) is 29.4. The molecule has 1 heterocycles. The largest absolute Gasteiger partial charge is 0.497 e. The maximum atomic E-state index is 13.5. The molecule has 1 aliphatic carbocycles. The highest BCUT2D eigenvalue weighted by Gasteiger charge is 2.24. The summed E-state index contributed by atoms with van der Waals surface area (Å²) in [6.45, 7) is 4.12. The van der Waals surface area contributed by atoms with E-state index in [1.165, 1.54) is 17.5 Å². The summed E-state index contributed by atoms with van der Waals surface area (Å²) >= 11 is 0. The van der Waals surface area contributed by atoms with E-state index in [4.69, 9.17) is 4.74 Å². The number of fused-ring (bicyclic) bond motifs is 2. The number of ether oxygens (including phenoxy) is 1. The molecule has 1 aliphatic rings. The van der Waals surface area contributed by atoms with Crippen molar-refractivity contribution in [3.8, 4) is 5.75 Å². The Labute approximate surface area is 237 Å². The Kier molecular flexibility index (Phi) is 10.4. The Balaban J connectivity index is 1.43. The minimum atomic E-state index is -0.620. The highest BCUT2D eigenvalue weighted by Crippen LogP contribution is 2.30. The lowest BCUT2D eigenvalue weighted by Gasteiger charge is -2.22. The number of aryl methyl sites for hydroxylation is 2. The summed E-state index contributed by atoms with van der Waals surface area (Å²) < 4.78 is 5.38. The van der Waals surface area contributed by atoms with Crippen molar-refractivity contribution in [2.45, 2.75) is 90.0 Å². The van der Waals surface area contributed by atoms with Crippen LogP contribution >= 0.6 is 0 Å². The molecule has 214 valence electrons. The minimum Gasteiger partial charge on any atom is -0.497 e. The summed E-state index contributed by atoms with van der Waals surface area (Å²) in [6.07, 6.45) is 8.10. The van der Waals surface area contributed by atoms with Crippen LogP contribution in [0.15, 0.2) is 42.5 Å². The second-order valence-electron chi connectivity index (χ2n) is 11.1. The minimum absolute atomic E-state index is 0.140. The Hall–Kier alpha value is -3.61. The van der Waals surface area contributed by atoms with Gasteiger partial charge in [-0.2, -0.15) is 0 Å². The average Bonchev–Trinajstić information content (AvgIpc) is 3.11. The zero-order valence-electron chi connectivity index (χ0n) is 24.1. The van der Waals surface area contributed by atoms with Gasteiger partial charge in [-0.3, -0.25) is 9.59 Å². The van der Waals surface area contributed by atoms with Gasteiger partial charge in [-0.15, -0.1) is 0 Å². The van der Waals surface area contributed by atoms with Crippen LogP contribution in [0.4, 0.5) is 0 Å². The molecular formula is C33H43N3O4. The molecule has 3 N–H and O–H groups in total. The van der Waals surface area contributed by atoms with Crippen LogP contribution in [-0.4, -0.2) is 42.3 Å². The molecule has 0 aliphatic heterocycles. The molecule has 7 heteroatoms. The Morgan fingerprint density at radius 2 is 1.90 bits per heavy atom. The Bertz CT molecular complexity index is 1330. The second-order valence-corrected chi connectivity index (χ2v) is 11.1. The van der Waals surface area contributed by atoms with Gasteiger partial charge in [0.1, 0.15) is 17.6 Å². The highest BCUT2D eigenvalue weighted by molar-refractivity contribution is 5.93. The van der Waals surface area contributed by atoms with E-state index in [-0.39, 0.29) is 29.9 Å². The molecule has 1 unspecified atom stereocenters. The third-order valence-electron chi connectivity index (χ3n) is 8.10. The molecule has 0 radical (unpaired) electrons. The van der Waals surface area contributed by atoms with E-state index in [1.54, 1.807) is 14.0 Å². The predicted molar refractivity (Wildman–Crippen MR) is 159 cm³/mol. The molecule has 1 aromatic heterocycles. The van der Waals surface area contributed by atoms with E-state index in [1.807, 2.05) is 25.1 Å². The maximum absolute atomic E-state index is 13.5. The molecule has 0 saturated carbocycles. The van der Waals surface area contributed by atoms with Gasteiger partial charge < -0.3 is 25.1 Å². The molecular weight excluding hydrogens is 502 g/mol. The number of rotatable bonds is 13. The van der Waals surface area contributed by atoms with Crippen molar-refractivity contribution in [2.75, 3.05) is 13.7 Å². The lowest BCUT2D eigenvalue weighted by Crippen LogP contribution is -2.48. The monoisotopic (exact) mass is 545 g/mol. The van der Waals surface area contributed by atoms with Crippen molar-refractivity contribution in [2.24, 2.45) is 0 Å². The average molecular weight is 546 g/mol. The van der Waals surface area contributed by atoms with E-state index in [0.29, 0.717) is 19.4 Å². The number of carbonyl (C=O) groups is 3. The molecule has 0 fully saturated rings. The van der Waals surface area contributed by atoms with E-state index in [9.17, 15) is 14.4 Å². The predicted octanol–water partition coefficient (Wildman–Crippen LogP) is 5.68. The number of carbonyl (C=O) groups excluding carboxylic acids is 3. The smallest absolute Gasteiger partial charge is 0.242 e. The van der Waals surface area contributed by atoms with E-state index < -0.39 is 6.04 Å². The van der Waals surface area contributed by atoms with Gasteiger partial charge in [0.2, 0.25) is 11.8 Å². The fraction of sp³-hybridized carbons (Fsp3) is 0.485. The van der Waals surface area contributed by atoms with Crippen LogP contribution in [0, 0.1) is 6.92 Å². The number of methoxy groups -OCH3 is 1. The molecule has 2 amide bonds. The summed E-state index contributed by atoms with van der Waals surface area (Å²) in [7, 11) is 1.63. The summed E-state index contributed by atoms with van der Waals surface area (Å²) in [5, 5.41) is 7.15. The zero-order valence-corrected chi connectivity index (χ0v) is 24.1. The number of amides is 2. The standard InChI is InChI=1S/C33H43N3O4/c1-22(37)11-5-4-6-16-31(33(39)34-21-25-14-8-7-12-24-13-9-10-15-27(24)25)36-32(38)20-28-23(2)35-30-18-17-26(40-3)19-29(28)30/h9-10,13,15,17-19,25,31,35H,4-8,11-12,14,16,20-21H2,1-3H3,(H,34,39)(H,36,38)/t25?,31-/m0/s1. The van der Waals surface area contributed by atoms with Gasteiger partial charge in [-0.1, -0.05) is 43.5 Å². The number of aromatic amines is 1. The van der Waals surface area contributed by atoms with Gasteiger partial charge >= 0.3 is 0 Å². The normalized spacial score (nSPS) is 15.6. The molecule has 0 bridgehead atoms. The van der Waals surface area contributed by atoms with Crippen molar-refractivity contribution >= 4 is 28.5 Å². The number of ketones is 1. The van der Waals surface area contributed by atoms with E-state index in [0.717, 1.165) is 66.4 Å². The molecule has 3 aromatic rings. The van der Waals surface area contributed by atoms with Crippen LogP contribution in [0.5, 0.6) is 5.75 Å². The number of unbranched alkanes of at least 4 members (excludes halogenated alkanes) is 2. The van der Waals surface area contributed by atoms with Gasteiger partial charge in [0.25, 0.3) is 0 Å². The number of nitrogens with one attached hydrogen (secondary N) is 3. The SMILES string of the molecule is COc1ccc2[nH]c(C)c(CC(=O)N[C@@H](CCCCCC(C)=O)C(=O)NCC3CCCCc4ccccc43)c2c1. The van der Waals surface area contributed by atoms with Gasteiger partial charge in [0, 0.05) is 35.5 Å². The van der Waals surface area contributed by atoms with Crippen LogP contribution in [-0.2, 0) is 27.2 Å². The highest BCUT2D eigenvalue weighted by atomic mass is 16.5. The third-order valence-corrected chi connectivity index (χ3v) is 8.10. The first-order valence-corrected chi connectivity index (χ1v) is 14.6. The lowest BCUT2D eigenvalue weighted by molar-refractivity contribution is -0.129. The van der Waals surface area contributed by atoms with Crippen molar-refractivity contribution in [3.05, 3.63) is 64.8 Å². The second kappa shape index (κ2) is 14.1. The van der Waals surface area contributed by atoms with Crippen LogP contribution in [0.2, 0.25) is 0 Å². The molecule has 7 nitrogen and oxygen atoms in total. The number of hydrogen-bond donors (Lipinski definition) is 3. The van der Waals surface area contributed by atoms with Gasteiger partial charge in [0.15, 0.2) is 0 Å². The molecule has 2 aromatic carbocycles. The third kappa shape index (κ3) is 7.74. The lowest BCUT2D eigenvalue weighted by atomic mass is 9.92. The van der Waals surface area contributed by atoms with Crippen molar-refractivity contribution in [3.63, 3.8) is 0 Å². The van der Waals surface area contributed by atoms with Gasteiger partial charge in [0.05, 0.1) is 13.5 Å². The van der Waals surface area contributed by atoms with Crippen LogP contribution in [0.3, 0.4) is 0 Å². The van der Waals surface area contributed by atoms with Crippen molar-refractivity contribution in [1.29, 1.82) is 0 Å². The summed E-state index contributed by atoms with van der Waals surface area (Å²) in [4.78, 5) is 41.4. The number of Topliss-reactive ketones (excluding diaryl/α,β-unsaturated/α-hetero) is 1. The first-order chi connectivity index (χ1) is 19.4. The molecule has 2 atom stereocenters. The Morgan fingerprint density at radius 3 is 2.70 bits per heavy atom. The summed E-state index contributed by atoms with van der Waals surface area (Å²) in [5.74, 6) is 0.862. The van der Waals surface area contributed by atoms with E-state index in [2.05, 4.69) is 39.9 Å². The number of hydrogen-bond acceptors (Lipinski definition) is 4. The van der Waals surface area contributed by atoms with Crippen LogP contribution in [0.1, 0.15) is 86.6 Å². The fourth-order valence-electron chi connectivity index (χ4n) is 5.87. The number of benzene rings is 2. The summed E-state index contributed by atoms with van der Waals surface area (Å²) in [5.41, 5.74) is 5.48. The van der Waals surface area contributed by atoms with Crippen LogP contribution < -0.4 is 15.4 Å². The van der Waals surface area contributed by atoms with Gasteiger partial charge in [-0.05, 0) is 80.8 Å².